The smallest absolute Gasteiger partial charge is 0.154 e. The molecule has 1 fully saturated rings. The van der Waals surface area contributed by atoms with Gasteiger partial charge in [0.1, 0.15) is 0 Å². The third kappa shape index (κ3) is 4.07. The second-order valence-corrected chi connectivity index (χ2v) is 8.32. The van der Waals surface area contributed by atoms with Gasteiger partial charge in [0.2, 0.25) is 0 Å². The van der Waals surface area contributed by atoms with Crippen LogP contribution in [0.5, 0.6) is 0 Å². The standard InChI is InChI=1S/C13H21NO2S2/c15-18(16,13-6-2-1-3-7-13)10-8-14-11-12-5-4-9-17-12/h4-5,9,13-14H,1-3,6-8,10-11H2. The first-order chi connectivity index (χ1) is 8.68. The van der Waals surface area contributed by atoms with Gasteiger partial charge in [-0.3, -0.25) is 0 Å². The maximum atomic E-state index is 12.1. The molecular weight excluding hydrogens is 266 g/mol. The van der Waals surface area contributed by atoms with E-state index in [9.17, 15) is 8.42 Å². The molecule has 3 nitrogen and oxygen atoms in total. The largest absolute Gasteiger partial charge is 0.311 e. The summed E-state index contributed by atoms with van der Waals surface area (Å²) >= 11 is 1.70. The predicted molar refractivity (Wildman–Crippen MR) is 76.7 cm³/mol. The molecule has 0 spiro atoms. The van der Waals surface area contributed by atoms with Crippen molar-refractivity contribution in [2.24, 2.45) is 0 Å². The van der Waals surface area contributed by atoms with Crippen LogP contribution in [0, 0.1) is 0 Å². The Bertz CT molecular complexity index is 434. The molecule has 0 aliphatic heterocycles. The molecule has 0 unspecified atom stereocenters. The summed E-state index contributed by atoms with van der Waals surface area (Å²) in [6, 6.07) is 4.08. The van der Waals surface area contributed by atoms with Gasteiger partial charge in [-0.15, -0.1) is 11.3 Å². The summed E-state index contributed by atoms with van der Waals surface area (Å²) in [6.07, 6.45) is 5.09. The second kappa shape index (κ2) is 6.68. The van der Waals surface area contributed by atoms with Crippen LogP contribution >= 0.6 is 11.3 Å². The van der Waals surface area contributed by atoms with Gasteiger partial charge in [-0.2, -0.15) is 0 Å². The minimum Gasteiger partial charge on any atom is -0.311 e. The molecule has 102 valence electrons. The van der Waals surface area contributed by atoms with E-state index in [-0.39, 0.29) is 11.0 Å². The normalized spacial score (nSPS) is 18.0. The van der Waals surface area contributed by atoms with Crippen molar-refractivity contribution in [3.05, 3.63) is 22.4 Å². The molecule has 1 saturated carbocycles. The first kappa shape index (κ1) is 14.0. The lowest BCUT2D eigenvalue weighted by Gasteiger charge is -2.21. The van der Waals surface area contributed by atoms with E-state index in [1.807, 2.05) is 11.4 Å². The first-order valence-electron chi connectivity index (χ1n) is 6.63. The molecule has 0 atom stereocenters. The van der Waals surface area contributed by atoms with E-state index >= 15 is 0 Å². The number of hydrogen-bond donors (Lipinski definition) is 1. The van der Waals surface area contributed by atoms with Gasteiger partial charge in [0, 0.05) is 18.0 Å². The fourth-order valence-corrected chi connectivity index (χ4v) is 4.92. The average Bonchev–Trinajstić information content (AvgIpc) is 2.89. The molecule has 18 heavy (non-hydrogen) atoms. The minimum absolute atomic E-state index is 0.0743. The van der Waals surface area contributed by atoms with E-state index in [4.69, 9.17) is 0 Å². The number of sulfone groups is 1. The lowest BCUT2D eigenvalue weighted by molar-refractivity contribution is 0.482. The van der Waals surface area contributed by atoms with Gasteiger partial charge in [0.25, 0.3) is 0 Å². The number of rotatable bonds is 6. The number of thiophene rings is 1. The zero-order valence-corrected chi connectivity index (χ0v) is 12.2. The zero-order chi connectivity index (χ0) is 12.8. The SMILES string of the molecule is O=S(=O)(CCNCc1cccs1)C1CCCCC1. The van der Waals surface area contributed by atoms with Gasteiger partial charge in [-0.1, -0.05) is 25.3 Å². The van der Waals surface area contributed by atoms with Gasteiger partial charge in [-0.05, 0) is 24.3 Å². The van der Waals surface area contributed by atoms with E-state index < -0.39 is 9.84 Å². The van der Waals surface area contributed by atoms with Gasteiger partial charge in [0.05, 0.1) is 11.0 Å². The van der Waals surface area contributed by atoms with E-state index in [1.165, 1.54) is 11.3 Å². The maximum Gasteiger partial charge on any atom is 0.154 e. The van der Waals surface area contributed by atoms with E-state index in [1.54, 1.807) is 11.3 Å². The van der Waals surface area contributed by atoms with Crippen molar-refractivity contribution in [3.8, 4) is 0 Å². The van der Waals surface area contributed by atoms with Crippen molar-refractivity contribution in [1.82, 2.24) is 5.32 Å². The van der Waals surface area contributed by atoms with Crippen molar-refractivity contribution in [2.75, 3.05) is 12.3 Å². The van der Waals surface area contributed by atoms with Gasteiger partial charge in [0.15, 0.2) is 9.84 Å². The molecule has 1 aliphatic carbocycles. The third-order valence-corrected chi connectivity index (χ3v) is 6.64. The van der Waals surface area contributed by atoms with Crippen LogP contribution < -0.4 is 5.32 Å². The Labute approximate surface area is 114 Å². The van der Waals surface area contributed by atoms with Crippen LogP contribution in [0.2, 0.25) is 0 Å². The summed E-state index contributed by atoms with van der Waals surface area (Å²) in [6.45, 7) is 1.34. The highest BCUT2D eigenvalue weighted by molar-refractivity contribution is 7.92. The summed E-state index contributed by atoms with van der Waals surface area (Å²) in [4.78, 5) is 1.25. The minimum atomic E-state index is -2.88. The average molecular weight is 287 g/mol. The molecule has 5 heteroatoms. The summed E-state index contributed by atoms with van der Waals surface area (Å²) < 4.78 is 24.2. The van der Waals surface area contributed by atoms with E-state index in [0.29, 0.717) is 6.54 Å². The summed E-state index contributed by atoms with van der Waals surface area (Å²) in [5.74, 6) is 0.281. The van der Waals surface area contributed by atoms with Crippen LogP contribution in [-0.2, 0) is 16.4 Å². The molecule has 1 N–H and O–H groups in total. The maximum absolute atomic E-state index is 12.1. The van der Waals surface area contributed by atoms with Crippen molar-refractivity contribution in [3.63, 3.8) is 0 Å². The molecule has 1 aromatic rings. The van der Waals surface area contributed by atoms with Crippen molar-refractivity contribution in [2.45, 2.75) is 43.9 Å². The summed E-state index contributed by atoms with van der Waals surface area (Å²) in [7, 11) is -2.88. The second-order valence-electron chi connectivity index (χ2n) is 4.88. The van der Waals surface area contributed by atoms with Gasteiger partial charge >= 0.3 is 0 Å². The van der Waals surface area contributed by atoms with Crippen LogP contribution in [0.15, 0.2) is 17.5 Å². The Balaban J connectivity index is 1.71. The molecule has 0 aromatic carbocycles. The lowest BCUT2D eigenvalue weighted by Crippen LogP contribution is -2.31. The number of nitrogens with one attached hydrogen (secondary N) is 1. The highest BCUT2D eigenvalue weighted by Crippen LogP contribution is 2.23. The quantitative estimate of drug-likeness (QED) is 0.818. The number of hydrogen-bond acceptors (Lipinski definition) is 4. The highest BCUT2D eigenvalue weighted by atomic mass is 32.2. The van der Waals surface area contributed by atoms with Crippen LogP contribution in [0.3, 0.4) is 0 Å². The first-order valence-corrected chi connectivity index (χ1v) is 9.23. The lowest BCUT2D eigenvalue weighted by atomic mass is 10.0. The Kier molecular flexibility index (Phi) is 5.21. The monoisotopic (exact) mass is 287 g/mol. The van der Waals surface area contributed by atoms with Crippen LogP contribution in [0.4, 0.5) is 0 Å². The summed E-state index contributed by atoms with van der Waals surface area (Å²) in [5.41, 5.74) is 0. The fraction of sp³-hybridized carbons (Fsp3) is 0.692. The van der Waals surface area contributed by atoms with Crippen molar-refractivity contribution < 1.29 is 8.42 Å². The van der Waals surface area contributed by atoms with Gasteiger partial charge < -0.3 is 5.32 Å². The van der Waals surface area contributed by atoms with E-state index in [0.717, 1.165) is 32.2 Å². The molecule has 0 saturated heterocycles. The van der Waals surface area contributed by atoms with Crippen LogP contribution in [0.1, 0.15) is 37.0 Å². The van der Waals surface area contributed by atoms with Crippen molar-refractivity contribution >= 4 is 21.2 Å². The van der Waals surface area contributed by atoms with Gasteiger partial charge in [-0.25, -0.2) is 8.42 Å². The molecule has 0 bridgehead atoms. The molecule has 0 radical (unpaired) electrons. The Morgan fingerprint density at radius 3 is 2.72 bits per heavy atom. The Morgan fingerprint density at radius 1 is 1.28 bits per heavy atom. The summed E-state index contributed by atoms with van der Waals surface area (Å²) in [5, 5.41) is 5.18. The van der Waals surface area contributed by atoms with Crippen molar-refractivity contribution in [1.29, 1.82) is 0 Å². The fourth-order valence-electron chi connectivity index (χ4n) is 2.43. The molecule has 1 aromatic heterocycles. The Hall–Kier alpha value is -0.390. The molecule has 1 aliphatic rings. The molecule has 2 rings (SSSR count). The highest BCUT2D eigenvalue weighted by Gasteiger charge is 2.26. The van der Waals surface area contributed by atoms with Crippen LogP contribution in [0.25, 0.3) is 0 Å². The third-order valence-electron chi connectivity index (χ3n) is 3.50. The van der Waals surface area contributed by atoms with E-state index in [2.05, 4.69) is 11.4 Å². The Morgan fingerprint density at radius 2 is 2.06 bits per heavy atom. The predicted octanol–water partition coefficient (Wildman–Crippen LogP) is 2.59. The topological polar surface area (TPSA) is 46.2 Å². The zero-order valence-electron chi connectivity index (χ0n) is 10.6. The molecule has 0 amide bonds. The van der Waals surface area contributed by atoms with Crippen LogP contribution in [-0.4, -0.2) is 26.0 Å². The molecular formula is C13H21NO2S2. The molecule has 1 heterocycles.